The van der Waals surface area contributed by atoms with Gasteiger partial charge in [-0.3, -0.25) is 4.79 Å². The molecule has 0 aliphatic heterocycles. The Balaban J connectivity index is 2.39. The molecule has 0 radical (unpaired) electrons. The second-order valence-corrected chi connectivity index (χ2v) is 5.37. The zero-order valence-corrected chi connectivity index (χ0v) is 12.2. The van der Waals surface area contributed by atoms with Crippen LogP contribution < -0.4 is 0 Å². The molecule has 0 amide bonds. The quantitative estimate of drug-likeness (QED) is 0.706. The number of hydrogen-bond donors (Lipinski definition) is 0. The Labute approximate surface area is 126 Å². The summed E-state index contributed by atoms with van der Waals surface area (Å²) in [7, 11) is 0. The summed E-state index contributed by atoms with van der Waals surface area (Å²) in [4.78, 5) is 12.0. The molecule has 0 atom stereocenters. The zero-order valence-electron chi connectivity index (χ0n) is 9.89. The second-order valence-electron chi connectivity index (χ2n) is 4.04. The molecule has 104 valence electrons. The molecule has 0 aliphatic rings. The van der Waals surface area contributed by atoms with Crippen LogP contribution in [-0.4, -0.2) is 5.78 Å². The number of hydrogen-bond acceptors (Lipinski definition) is 1. The van der Waals surface area contributed by atoms with Gasteiger partial charge in [0.05, 0.1) is 5.56 Å². The summed E-state index contributed by atoms with van der Waals surface area (Å²) in [6.07, 6.45) is -0.513. The van der Waals surface area contributed by atoms with Crippen LogP contribution in [0.15, 0.2) is 34.8 Å². The largest absolute Gasteiger partial charge is 0.294 e. The van der Waals surface area contributed by atoms with Crippen molar-refractivity contribution in [1.29, 1.82) is 0 Å². The van der Waals surface area contributed by atoms with Crippen LogP contribution in [0.1, 0.15) is 15.9 Å². The Morgan fingerprint density at radius 3 is 2.25 bits per heavy atom. The Morgan fingerprint density at radius 1 is 1.10 bits per heavy atom. The number of benzene rings is 2. The van der Waals surface area contributed by atoms with Crippen molar-refractivity contribution in [3.8, 4) is 0 Å². The molecule has 1 nitrogen and oxygen atoms in total. The molecule has 0 spiro atoms. The third-order valence-electron chi connectivity index (χ3n) is 2.68. The first kappa shape index (κ1) is 15.1. The molecule has 0 N–H and O–H groups in total. The van der Waals surface area contributed by atoms with Gasteiger partial charge in [0.15, 0.2) is 5.78 Å². The third-order valence-corrected chi connectivity index (χ3v) is 3.50. The van der Waals surface area contributed by atoms with Crippen molar-refractivity contribution < 1.29 is 18.0 Å². The molecule has 2 rings (SSSR count). The van der Waals surface area contributed by atoms with E-state index < -0.39 is 35.2 Å². The summed E-state index contributed by atoms with van der Waals surface area (Å²) >= 11 is 8.69. The molecule has 6 heteroatoms. The Kier molecular flexibility index (Phi) is 4.50. The molecule has 0 heterocycles. The van der Waals surface area contributed by atoms with Crippen molar-refractivity contribution in [3.05, 3.63) is 68.4 Å². The molecule has 0 bridgehead atoms. The minimum atomic E-state index is -1.01. The highest BCUT2D eigenvalue weighted by molar-refractivity contribution is 9.10. The van der Waals surface area contributed by atoms with Gasteiger partial charge in [-0.2, -0.15) is 0 Å². The highest BCUT2D eigenvalue weighted by Gasteiger charge is 2.21. The van der Waals surface area contributed by atoms with Crippen LogP contribution >= 0.6 is 27.5 Å². The highest BCUT2D eigenvalue weighted by atomic mass is 79.9. The van der Waals surface area contributed by atoms with Crippen LogP contribution in [0.4, 0.5) is 13.2 Å². The van der Waals surface area contributed by atoms with E-state index in [0.29, 0.717) is 0 Å². The van der Waals surface area contributed by atoms with E-state index in [4.69, 9.17) is 11.6 Å². The Bertz CT molecular complexity index is 645. The lowest BCUT2D eigenvalue weighted by Crippen LogP contribution is -2.10. The minimum absolute atomic E-state index is 0.0382. The van der Waals surface area contributed by atoms with Crippen molar-refractivity contribution >= 4 is 33.3 Å². The molecule has 0 aromatic heterocycles. The van der Waals surface area contributed by atoms with E-state index in [1.807, 2.05) is 0 Å². The van der Waals surface area contributed by atoms with Gasteiger partial charge in [0, 0.05) is 21.5 Å². The van der Waals surface area contributed by atoms with E-state index in [2.05, 4.69) is 15.9 Å². The predicted molar refractivity (Wildman–Crippen MR) is 73.5 cm³/mol. The number of Topliss-reactive ketones (excluding diaryl/α,β-unsaturated/α-hetero) is 1. The molecule has 2 aromatic rings. The van der Waals surface area contributed by atoms with Crippen molar-refractivity contribution in [2.24, 2.45) is 0 Å². The van der Waals surface area contributed by atoms with Crippen LogP contribution in [0.2, 0.25) is 5.02 Å². The number of halogens is 5. The molecule has 0 fully saturated rings. The lowest BCUT2D eigenvalue weighted by atomic mass is 10.0. The average Bonchev–Trinajstić information content (AvgIpc) is 2.32. The van der Waals surface area contributed by atoms with Crippen LogP contribution in [0.5, 0.6) is 0 Å². The topological polar surface area (TPSA) is 17.1 Å². The maximum Gasteiger partial charge on any atom is 0.173 e. The number of ketones is 1. The van der Waals surface area contributed by atoms with Crippen molar-refractivity contribution in [2.75, 3.05) is 0 Å². The molecule has 0 aliphatic carbocycles. The van der Waals surface area contributed by atoms with E-state index in [0.717, 1.165) is 18.2 Å². The number of carbonyl (C=O) groups is 1. The number of rotatable bonds is 3. The van der Waals surface area contributed by atoms with Gasteiger partial charge in [0.25, 0.3) is 0 Å². The summed E-state index contributed by atoms with van der Waals surface area (Å²) in [6.45, 7) is 0. The fourth-order valence-electron chi connectivity index (χ4n) is 1.76. The maximum absolute atomic E-state index is 13.6. The van der Waals surface area contributed by atoms with Gasteiger partial charge < -0.3 is 0 Å². The Hall–Kier alpha value is -1.33. The Morgan fingerprint density at radius 2 is 1.70 bits per heavy atom. The molecule has 0 saturated heterocycles. The fourth-order valence-corrected chi connectivity index (χ4v) is 2.39. The van der Waals surface area contributed by atoms with E-state index in [1.54, 1.807) is 0 Å². The first-order valence-electron chi connectivity index (χ1n) is 5.50. The minimum Gasteiger partial charge on any atom is -0.294 e. The summed E-state index contributed by atoms with van der Waals surface area (Å²) in [6, 6.07) is 5.86. The molecule has 2 aromatic carbocycles. The van der Waals surface area contributed by atoms with Gasteiger partial charge in [0.2, 0.25) is 0 Å². The van der Waals surface area contributed by atoms with Gasteiger partial charge in [-0.15, -0.1) is 0 Å². The van der Waals surface area contributed by atoms with Crippen LogP contribution in [0.3, 0.4) is 0 Å². The monoisotopic (exact) mass is 362 g/mol. The van der Waals surface area contributed by atoms with Crippen LogP contribution in [-0.2, 0) is 6.42 Å². The van der Waals surface area contributed by atoms with Gasteiger partial charge in [-0.25, -0.2) is 13.2 Å². The van der Waals surface area contributed by atoms with E-state index in [-0.39, 0.29) is 15.1 Å². The van der Waals surface area contributed by atoms with Crippen LogP contribution in [0.25, 0.3) is 0 Å². The zero-order chi connectivity index (χ0) is 14.9. The van der Waals surface area contributed by atoms with Gasteiger partial charge in [-0.05, 0) is 24.3 Å². The summed E-state index contributed by atoms with van der Waals surface area (Å²) < 4.78 is 41.0. The lowest BCUT2D eigenvalue weighted by molar-refractivity contribution is 0.0983. The van der Waals surface area contributed by atoms with E-state index >= 15 is 0 Å². The third kappa shape index (κ3) is 3.04. The van der Waals surface area contributed by atoms with Crippen molar-refractivity contribution in [3.63, 3.8) is 0 Å². The van der Waals surface area contributed by atoms with Gasteiger partial charge >= 0.3 is 0 Å². The first-order valence-corrected chi connectivity index (χ1v) is 6.68. The number of carbonyl (C=O) groups excluding carboxylic acids is 1. The summed E-state index contributed by atoms with van der Waals surface area (Å²) in [5.74, 6) is -3.58. The fraction of sp³-hybridized carbons (Fsp3) is 0.0714. The first-order chi connectivity index (χ1) is 9.40. The lowest BCUT2D eigenvalue weighted by Gasteiger charge is -2.07. The summed E-state index contributed by atoms with van der Waals surface area (Å²) in [5.41, 5.74) is -0.784. The van der Waals surface area contributed by atoms with Crippen LogP contribution in [0, 0.1) is 17.5 Å². The van der Waals surface area contributed by atoms with Gasteiger partial charge in [-0.1, -0.05) is 33.6 Å². The maximum atomic E-state index is 13.6. The standard InChI is InChI=1S/C14H7BrClF3O/c15-7-4-11(18)14(12(19)5-7)13(20)6-8-9(16)2-1-3-10(8)17/h1-5H,6H2. The molecule has 0 unspecified atom stereocenters. The average molecular weight is 364 g/mol. The van der Waals surface area contributed by atoms with Gasteiger partial charge in [0.1, 0.15) is 17.5 Å². The van der Waals surface area contributed by atoms with E-state index in [1.165, 1.54) is 12.1 Å². The SMILES string of the molecule is O=C(Cc1c(F)cccc1Cl)c1c(F)cc(Br)cc1F. The normalized spacial score (nSPS) is 10.7. The second kappa shape index (κ2) is 5.97. The predicted octanol–water partition coefficient (Wildman–Crippen LogP) is 4.95. The highest BCUT2D eigenvalue weighted by Crippen LogP contribution is 2.24. The summed E-state index contributed by atoms with van der Waals surface area (Å²) in [5, 5.41) is 0.0382. The smallest absolute Gasteiger partial charge is 0.173 e. The molecule has 20 heavy (non-hydrogen) atoms. The molecular weight excluding hydrogens is 357 g/mol. The molecular formula is C14H7BrClF3O. The van der Waals surface area contributed by atoms with Crippen molar-refractivity contribution in [1.82, 2.24) is 0 Å². The van der Waals surface area contributed by atoms with E-state index in [9.17, 15) is 18.0 Å². The molecule has 0 saturated carbocycles. The van der Waals surface area contributed by atoms with Crippen molar-refractivity contribution in [2.45, 2.75) is 6.42 Å².